The van der Waals surface area contributed by atoms with Crippen LogP contribution in [-0.2, 0) is 0 Å². The Labute approximate surface area is 174 Å². The third-order valence-corrected chi connectivity index (χ3v) is 5.73. The van der Waals surface area contributed by atoms with Crippen LogP contribution in [0.1, 0.15) is 24.2 Å². The Hall–Kier alpha value is -2.37. The van der Waals surface area contributed by atoms with Gasteiger partial charge in [0.05, 0.1) is 7.11 Å². The molecular formula is C24H33N3O2. The van der Waals surface area contributed by atoms with Crippen molar-refractivity contribution in [2.45, 2.75) is 25.9 Å². The van der Waals surface area contributed by atoms with Crippen LogP contribution in [0.25, 0.3) is 11.1 Å². The molecule has 1 saturated heterocycles. The van der Waals surface area contributed by atoms with Crippen LogP contribution in [0, 0.1) is 0 Å². The summed E-state index contributed by atoms with van der Waals surface area (Å²) in [5.74, 6) is 0.874. The number of piperazine rings is 1. The molecular weight excluding hydrogens is 362 g/mol. The normalized spacial score (nSPS) is 20.1. The van der Waals surface area contributed by atoms with Crippen LogP contribution in [0.15, 0.2) is 48.5 Å². The maximum absolute atomic E-state index is 13.3. The van der Waals surface area contributed by atoms with Crippen LogP contribution in [-0.4, -0.2) is 80.1 Å². The summed E-state index contributed by atoms with van der Waals surface area (Å²) in [5, 5.41) is 0. The number of carbonyl (C=O) groups excluding carboxylic acids is 1. The molecule has 156 valence electrons. The summed E-state index contributed by atoms with van der Waals surface area (Å²) < 4.78 is 5.54. The molecule has 0 saturated carbocycles. The highest BCUT2D eigenvalue weighted by Crippen LogP contribution is 2.31. The van der Waals surface area contributed by atoms with Gasteiger partial charge < -0.3 is 14.5 Å². The van der Waals surface area contributed by atoms with E-state index in [4.69, 9.17) is 4.74 Å². The van der Waals surface area contributed by atoms with Crippen LogP contribution in [0.2, 0.25) is 0 Å². The predicted molar refractivity (Wildman–Crippen MR) is 119 cm³/mol. The van der Waals surface area contributed by atoms with E-state index in [1.54, 1.807) is 7.11 Å². The number of benzene rings is 2. The minimum atomic E-state index is 0.0933. The zero-order valence-corrected chi connectivity index (χ0v) is 18.3. The van der Waals surface area contributed by atoms with Crippen LogP contribution >= 0.6 is 0 Å². The van der Waals surface area contributed by atoms with Crippen molar-refractivity contribution in [1.29, 1.82) is 0 Å². The molecule has 0 aliphatic carbocycles. The van der Waals surface area contributed by atoms with Crippen molar-refractivity contribution in [1.82, 2.24) is 14.7 Å². The summed E-state index contributed by atoms with van der Waals surface area (Å²) in [6.07, 6.45) is 0. The topological polar surface area (TPSA) is 36.0 Å². The van der Waals surface area contributed by atoms with Crippen molar-refractivity contribution in [3.63, 3.8) is 0 Å². The molecule has 1 aliphatic heterocycles. The Kier molecular flexibility index (Phi) is 6.93. The van der Waals surface area contributed by atoms with E-state index in [1.807, 2.05) is 53.4 Å². The second-order valence-electron chi connectivity index (χ2n) is 8.23. The SMILES string of the molecule is COc1ccc(C(=O)N2CC(C)N(CCN(C)C)C(C)C2)cc1-c1ccccc1. The maximum Gasteiger partial charge on any atom is 0.253 e. The molecule has 0 bridgehead atoms. The van der Waals surface area contributed by atoms with E-state index >= 15 is 0 Å². The second-order valence-corrected chi connectivity index (χ2v) is 8.23. The van der Waals surface area contributed by atoms with Gasteiger partial charge in [-0.3, -0.25) is 9.69 Å². The molecule has 1 heterocycles. The average Bonchev–Trinajstić information content (AvgIpc) is 2.72. The fraction of sp³-hybridized carbons (Fsp3) is 0.458. The average molecular weight is 396 g/mol. The van der Waals surface area contributed by atoms with Crippen molar-refractivity contribution >= 4 is 5.91 Å². The molecule has 0 radical (unpaired) electrons. The number of ether oxygens (including phenoxy) is 1. The van der Waals surface area contributed by atoms with E-state index in [1.165, 1.54) is 0 Å². The van der Waals surface area contributed by atoms with E-state index < -0.39 is 0 Å². The van der Waals surface area contributed by atoms with Gasteiger partial charge in [-0.25, -0.2) is 0 Å². The highest BCUT2D eigenvalue weighted by Gasteiger charge is 2.32. The number of carbonyl (C=O) groups is 1. The molecule has 2 unspecified atom stereocenters. The van der Waals surface area contributed by atoms with Gasteiger partial charge in [-0.2, -0.15) is 0 Å². The Bertz CT molecular complexity index is 810. The molecule has 1 aliphatic rings. The second kappa shape index (κ2) is 9.42. The smallest absolute Gasteiger partial charge is 0.253 e. The summed E-state index contributed by atoms with van der Waals surface area (Å²) in [6, 6.07) is 16.5. The van der Waals surface area contributed by atoms with Gasteiger partial charge in [-0.15, -0.1) is 0 Å². The van der Waals surface area contributed by atoms with Gasteiger partial charge in [0.15, 0.2) is 0 Å². The fourth-order valence-corrected chi connectivity index (χ4v) is 4.15. The Balaban J connectivity index is 1.79. The number of hydrogen-bond donors (Lipinski definition) is 0. The third kappa shape index (κ3) is 4.98. The van der Waals surface area contributed by atoms with E-state index in [-0.39, 0.29) is 5.91 Å². The van der Waals surface area contributed by atoms with Crippen molar-refractivity contribution in [2.75, 3.05) is 47.4 Å². The molecule has 2 aromatic rings. The third-order valence-electron chi connectivity index (χ3n) is 5.73. The zero-order valence-electron chi connectivity index (χ0n) is 18.3. The molecule has 1 fully saturated rings. The number of amides is 1. The maximum atomic E-state index is 13.3. The highest BCUT2D eigenvalue weighted by atomic mass is 16.5. The van der Waals surface area contributed by atoms with Gasteiger partial charge >= 0.3 is 0 Å². The minimum absolute atomic E-state index is 0.0933. The molecule has 5 nitrogen and oxygen atoms in total. The summed E-state index contributed by atoms with van der Waals surface area (Å²) in [7, 11) is 5.87. The minimum Gasteiger partial charge on any atom is -0.496 e. The van der Waals surface area contributed by atoms with Crippen molar-refractivity contribution < 1.29 is 9.53 Å². The Morgan fingerprint density at radius 2 is 1.72 bits per heavy atom. The van der Waals surface area contributed by atoms with Crippen molar-refractivity contribution in [3.8, 4) is 16.9 Å². The monoisotopic (exact) mass is 395 g/mol. The van der Waals surface area contributed by atoms with Crippen LogP contribution in [0.4, 0.5) is 0 Å². The van der Waals surface area contributed by atoms with Crippen molar-refractivity contribution in [3.05, 3.63) is 54.1 Å². The molecule has 3 rings (SSSR count). The quantitative estimate of drug-likeness (QED) is 0.751. The van der Waals surface area contributed by atoms with E-state index in [0.29, 0.717) is 17.6 Å². The van der Waals surface area contributed by atoms with Crippen LogP contribution < -0.4 is 4.74 Å². The first kappa shape index (κ1) is 21.3. The highest BCUT2D eigenvalue weighted by molar-refractivity contribution is 5.96. The lowest BCUT2D eigenvalue weighted by Gasteiger charge is -2.44. The largest absolute Gasteiger partial charge is 0.496 e. The van der Waals surface area contributed by atoms with E-state index in [9.17, 15) is 4.79 Å². The lowest BCUT2D eigenvalue weighted by molar-refractivity contribution is 0.0283. The van der Waals surface area contributed by atoms with Gasteiger partial charge in [0.2, 0.25) is 0 Å². The van der Waals surface area contributed by atoms with Crippen molar-refractivity contribution in [2.24, 2.45) is 0 Å². The van der Waals surface area contributed by atoms with Gasteiger partial charge in [-0.1, -0.05) is 30.3 Å². The number of rotatable bonds is 6. The standard InChI is InChI=1S/C24H33N3O2/c1-18-16-26(17-19(2)27(18)14-13-25(3)4)24(28)21-11-12-23(29-5)22(15-21)20-9-7-6-8-10-20/h6-12,15,18-19H,13-14,16-17H2,1-5H3. The van der Waals surface area contributed by atoms with E-state index in [2.05, 4.69) is 37.7 Å². The molecule has 5 heteroatoms. The number of likely N-dealkylation sites (N-methyl/N-ethyl adjacent to an activating group) is 1. The first-order valence-electron chi connectivity index (χ1n) is 10.3. The van der Waals surface area contributed by atoms with E-state index in [0.717, 1.165) is 43.1 Å². The molecule has 29 heavy (non-hydrogen) atoms. The molecule has 0 spiro atoms. The van der Waals surface area contributed by atoms with Gasteiger partial charge in [0.1, 0.15) is 5.75 Å². The molecule has 0 N–H and O–H groups in total. The number of hydrogen-bond acceptors (Lipinski definition) is 4. The van der Waals surface area contributed by atoms with Gasteiger partial charge in [0.25, 0.3) is 5.91 Å². The summed E-state index contributed by atoms with van der Waals surface area (Å²) >= 11 is 0. The van der Waals surface area contributed by atoms with Gasteiger partial charge in [0, 0.05) is 49.4 Å². The first-order chi connectivity index (χ1) is 13.9. The lowest BCUT2D eigenvalue weighted by atomic mass is 10.0. The Morgan fingerprint density at radius 1 is 1.07 bits per heavy atom. The molecule has 1 amide bonds. The fourth-order valence-electron chi connectivity index (χ4n) is 4.15. The summed E-state index contributed by atoms with van der Waals surface area (Å²) in [4.78, 5) is 20.0. The number of nitrogens with zero attached hydrogens (tertiary/aromatic N) is 3. The van der Waals surface area contributed by atoms with Crippen LogP contribution in [0.5, 0.6) is 5.75 Å². The molecule has 2 aromatic carbocycles. The summed E-state index contributed by atoms with van der Waals surface area (Å²) in [5.41, 5.74) is 2.71. The molecule has 2 atom stereocenters. The van der Waals surface area contributed by atoms with Gasteiger partial charge in [-0.05, 0) is 51.7 Å². The zero-order chi connectivity index (χ0) is 21.0. The Morgan fingerprint density at radius 3 is 2.31 bits per heavy atom. The molecule has 0 aromatic heterocycles. The van der Waals surface area contributed by atoms with Crippen LogP contribution in [0.3, 0.4) is 0 Å². The first-order valence-corrected chi connectivity index (χ1v) is 10.3. The predicted octanol–water partition coefficient (Wildman–Crippen LogP) is 3.46. The lowest BCUT2D eigenvalue weighted by Crippen LogP contribution is -2.59. The number of methoxy groups -OCH3 is 1. The summed E-state index contributed by atoms with van der Waals surface area (Å²) in [6.45, 7) is 8.00.